The van der Waals surface area contributed by atoms with E-state index in [1.54, 1.807) is 0 Å². The molecular weight excluding hydrogens is 987 g/mol. The van der Waals surface area contributed by atoms with E-state index in [0.29, 0.717) is 35.8 Å². The molecule has 0 spiro atoms. The summed E-state index contributed by atoms with van der Waals surface area (Å²) in [6, 6.07) is 0. The van der Waals surface area contributed by atoms with Gasteiger partial charge in [-0.05, 0) is 127 Å². The van der Waals surface area contributed by atoms with Gasteiger partial charge >= 0.3 is 0 Å². The number of ether oxygens (including phenoxy) is 1. The van der Waals surface area contributed by atoms with E-state index in [2.05, 4.69) is 127 Å². The summed E-state index contributed by atoms with van der Waals surface area (Å²) in [5, 5.41) is 0. The van der Waals surface area contributed by atoms with Crippen LogP contribution in [0.4, 0.5) is 0 Å². The van der Waals surface area contributed by atoms with Gasteiger partial charge in [-0.2, -0.15) is 0 Å². The third-order valence-electron chi connectivity index (χ3n) is 5.29. The van der Waals surface area contributed by atoms with Crippen molar-refractivity contribution in [2.45, 2.75) is 0 Å². The van der Waals surface area contributed by atoms with Gasteiger partial charge in [-0.25, -0.2) is 0 Å². The number of hydrogen-bond acceptors (Lipinski definition) is 5. The molecule has 35 heavy (non-hydrogen) atoms. The van der Waals surface area contributed by atoms with Gasteiger partial charge in [-0.1, -0.05) is 0 Å². The molecule has 0 saturated carbocycles. The molecule has 4 amide bonds. The summed E-state index contributed by atoms with van der Waals surface area (Å²) in [5.41, 5.74) is 1.04. The van der Waals surface area contributed by atoms with Gasteiger partial charge in [-0.15, -0.1) is 0 Å². The zero-order valence-corrected chi connectivity index (χ0v) is 29.5. The Kier molecular flexibility index (Phi) is 8.92. The maximum Gasteiger partial charge on any atom is 0.262 e. The fraction of sp³-hybridized carbons (Fsp3) is 0.200. The molecule has 2 aromatic carbocycles. The predicted molar refractivity (Wildman–Crippen MR) is 156 cm³/mol. The van der Waals surface area contributed by atoms with E-state index in [-0.39, 0.29) is 48.6 Å². The van der Waals surface area contributed by atoms with Crippen molar-refractivity contribution in [2.24, 2.45) is 0 Å². The smallest absolute Gasteiger partial charge is 0.262 e. The molecule has 2 aliphatic rings. The van der Waals surface area contributed by atoms with Crippen LogP contribution in [0.1, 0.15) is 41.4 Å². The first-order chi connectivity index (χ1) is 16.4. The molecule has 0 unspecified atom stereocenters. The number of imide groups is 2. The van der Waals surface area contributed by atoms with Crippen molar-refractivity contribution in [3.05, 3.63) is 58.0 Å². The molecule has 4 rings (SSSR count). The minimum atomic E-state index is -0.444. The fourth-order valence-corrected chi connectivity index (χ4v) is 8.53. The predicted octanol–water partition coefficient (Wildman–Crippen LogP) is 7.70. The SMILES string of the molecule is O=C1c2c(Br)c(Br)c(Br)c(Br)c2C(=O)N1CCOCCN1C(=O)c2c(Br)c(Br)c(Br)c(Br)c2C1=O. The number of fused-ring (bicyclic) bond motifs is 2. The number of benzene rings is 2. The monoisotopic (exact) mass is 987 g/mol. The van der Waals surface area contributed by atoms with E-state index in [1.807, 2.05) is 0 Å². The average Bonchev–Trinajstić information content (AvgIpc) is 3.22. The molecule has 2 heterocycles. The fourth-order valence-electron chi connectivity index (χ4n) is 3.61. The Bertz CT molecular complexity index is 1170. The van der Waals surface area contributed by atoms with Crippen LogP contribution in [-0.4, -0.2) is 59.7 Å². The van der Waals surface area contributed by atoms with Crippen LogP contribution in [0.25, 0.3) is 0 Å². The molecule has 0 fully saturated rings. The van der Waals surface area contributed by atoms with E-state index in [9.17, 15) is 19.2 Å². The minimum absolute atomic E-state index is 0.0135. The Balaban J connectivity index is 1.39. The molecular formula is C20H8Br8N2O5. The molecule has 0 N–H and O–H groups in total. The van der Waals surface area contributed by atoms with Crippen LogP contribution in [0, 0.1) is 0 Å². The zero-order chi connectivity index (χ0) is 25.9. The van der Waals surface area contributed by atoms with Gasteiger partial charge < -0.3 is 4.74 Å². The van der Waals surface area contributed by atoms with Crippen molar-refractivity contribution in [2.75, 3.05) is 26.3 Å². The molecule has 15 heteroatoms. The maximum absolute atomic E-state index is 12.9. The summed E-state index contributed by atoms with van der Waals surface area (Å²) in [4.78, 5) is 53.8. The van der Waals surface area contributed by atoms with Crippen LogP contribution in [0.2, 0.25) is 0 Å². The number of rotatable bonds is 6. The highest BCUT2D eigenvalue weighted by Crippen LogP contribution is 2.46. The molecule has 0 atom stereocenters. The molecule has 184 valence electrons. The Morgan fingerprint density at radius 3 is 0.886 bits per heavy atom. The summed E-state index contributed by atoms with van der Waals surface area (Å²) in [5.74, 6) is -1.78. The maximum atomic E-state index is 12.9. The van der Waals surface area contributed by atoms with E-state index in [0.717, 1.165) is 9.80 Å². The molecule has 0 aromatic heterocycles. The van der Waals surface area contributed by atoms with Gasteiger partial charge in [0, 0.05) is 35.8 Å². The minimum Gasteiger partial charge on any atom is -0.378 e. The highest BCUT2D eigenvalue weighted by atomic mass is 79.9. The van der Waals surface area contributed by atoms with Gasteiger partial charge in [0.1, 0.15) is 0 Å². The van der Waals surface area contributed by atoms with Crippen LogP contribution in [-0.2, 0) is 4.74 Å². The third-order valence-corrected chi connectivity index (χ3v) is 14.8. The second kappa shape index (κ2) is 10.9. The van der Waals surface area contributed by atoms with Crippen molar-refractivity contribution in [1.82, 2.24) is 9.80 Å². The summed E-state index contributed by atoms with van der Waals surface area (Å²) in [6.07, 6.45) is 0. The molecule has 7 nitrogen and oxygen atoms in total. The summed E-state index contributed by atoms with van der Waals surface area (Å²) >= 11 is 27.1. The second-order valence-corrected chi connectivity index (χ2v) is 13.5. The lowest BCUT2D eigenvalue weighted by Crippen LogP contribution is -2.35. The molecule has 2 aromatic rings. The average molecular weight is 996 g/mol. The highest BCUT2D eigenvalue weighted by Gasteiger charge is 2.42. The van der Waals surface area contributed by atoms with Gasteiger partial charge in [0.15, 0.2) is 0 Å². The van der Waals surface area contributed by atoms with E-state index in [4.69, 9.17) is 4.74 Å². The molecule has 2 aliphatic heterocycles. The summed E-state index contributed by atoms with van der Waals surface area (Å²) in [7, 11) is 0. The van der Waals surface area contributed by atoms with Crippen LogP contribution < -0.4 is 0 Å². The van der Waals surface area contributed by atoms with Crippen LogP contribution in [0.3, 0.4) is 0 Å². The van der Waals surface area contributed by atoms with Crippen LogP contribution in [0.15, 0.2) is 35.8 Å². The van der Waals surface area contributed by atoms with Crippen LogP contribution >= 0.6 is 127 Å². The Morgan fingerprint density at radius 2 is 0.657 bits per heavy atom. The number of halogens is 8. The van der Waals surface area contributed by atoms with Crippen molar-refractivity contribution in [1.29, 1.82) is 0 Å². The molecule has 0 radical (unpaired) electrons. The van der Waals surface area contributed by atoms with E-state index in [1.165, 1.54) is 0 Å². The lowest BCUT2D eigenvalue weighted by Gasteiger charge is -2.16. The first-order valence-corrected chi connectivity index (χ1v) is 15.8. The van der Waals surface area contributed by atoms with E-state index < -0.39 is 23.6 Å². The van der Waals surface area contributed by atoms with Gasteiger partial charge in [0.05, 0.1) is 48.6 Å². The van der Waals surface area contributed by atoms with E-state index >= 15 is 0 Å². The number of amides is 4. The Labute approximate surface area is 266 Å². The summed E-state index contributed by atoms with van der Waals surface area (Å²) in [6.45, 7) is 0.104. The largest absolute Gasteiger partial charge is 0.378 e. The van der Waals surface area contributed by atoms with Crippen molar-refractivity contribution < 1.29 is 23.9 Å². The Morgan fingerprint density at radius 1 is 0.429 bits per heavy atom. The number of hydrogen-bond donors (Lipinski definition) is 0. The van der Waals surface area contributed by atoms with Crippen LogP contribution in [0.5, 0.6) is 0 Å². The highest BCUT2D eigenvalue weighted by molar-refractivity contribution is 9.15. The topological polar surface area (TPSA) is 84.0 Å². The first-order valence-electron chi connectivity index (χ1n) is 9.43. The standard InChI is InChI=1S/C20H8Br8N2O5/c21-9-5-6(10(22)14(26)13(9)25)18(32)29(17(5)31)1-3-35-4-2-30-19(33)7-8(20(30)34)12(24)16(28)15(27)11(7)23/h1-4H2. The normalized spacial score (nSPS) is 15.0. The number of carbonyl (C=O) groups is 4. The van der Waals surface area contributed by atoms with Crippen molar-refractivity contribution in [3.8, 4) is 0 Å². The Hall–Kier alpha value is 0.520. The first kappa shape index (κ1) is 28.5. The van der Waals surface area contributed by atoms with Gasteiger partial charge in [-0.3, -0.25) is 29.0 Å². The van der Waals surface area contributed by atoms with Crippen molar-refractivity contribution >= 4 is 151 Å². The molecule has 0 aliphatic carbocycles. The molecule has 0 saturated heterocycles. The van der Waals surface area contributed by atoms with Gasteiger partial charge in [0.25, 0.3) is 23.6 Å². The third kappa shape index (κ3) is 4.66. The van der Waals surface area contributed by atoms with Gasteiger partial charge in [0.2, 0.25) is 0 Å². The lowest BCUT2D eigenvalue weighted by atomic mass is 10.1. The van der Waals surface area contributed by atoms with Crippen molar-refractivity contribution in [3.63, 3.8) is 0 Å². The summed E-state index contributed by atoms with van der Waals surface area (Å²) < 4.78 is 9.94. The zero-order valence-electron chi connectivity index (χ0n) is 16.8. The second-order valence-electron chi connectivity index (χ2n) is 7.15. The molecule has 0 bridgehead atoms. The lowest BCUT2D eigenvalue weighted by molar-refractivity contribution is 0.0495. The number of carbonyl (C=O) groups excluding carboxylic acids is 4. The quantitative estimate of drug-likeness (QED) is 0.128. The number of nitrogens with zero attached hydrogens (tertiary/aromatic N) is 2.